The van der Waals surface area contributed by atoms with E-state index >= 15 is 0 Å². The number of rotatable bonds is 2. The molecule has 2 aromatic carbocycles. The molecule has 0 aliphatic carbocycles. The van der Waals surface area contributed by atoms with Crippen LogP contribution in [0.5, 0.6) is 5.75 Å². The van der Waals surface area contributed by atoms with Gasteiger partial charge in [-0.25, -0.2) is 0 Å². The summed E-state index contributed by atoms with van der Waals surface area (Å²) in [5.41, 5.74) is 1.91. The van der Waals surface area contributed by atoms with Gasteiger partial charge in [0.25, 0.3) is 0 Å². The Bertz CT molecular complexity index is 759. The van der Waals surface area contributed by atoms with Crippen molar-refractivity contribution in [3.63, 3.8) is 0 Å². The third kappa shape index (κ3) is 3.82. The molecule has 0 atom stereocenters. The predicted molar refractivity (Wildman–Crippen MR) is 77.9 cm³/mol. The maximum absolute atomic E-state index is 12.6. The predicted octanol–water partition coefficient (Wildman–Crippen LogP) is 1.14. The zero-order valence-corrected chi connectivity index (χ0v) is 14.6. The molecule has 0 radical (unpaired) electrons. The number of halogens is 4. The quantitative estimate of drug-likeness (QED) is 0.324. The number of phenols is 1. The van der Waals surface area contributed by atoms with E-state index in [4.69, 9.17) is 0 Å². The summed E-state index contributed by atoms with van der Waals surface area (Å²) in [6, 6.07) is 9.97. The van der Waals surface area contributed by atoms with Gasteiger partial charge in [-0.3, -0.25) is 0 Å². The van der Waals surface area contributed by atoms with E-state index in [1.54, 1.807) is 17.0 Å². The van der Waals surface area contributed by atoms with Gasteiger partial charge in [0, 0.05) is 0 Å². The Morgan fingerprint density at radius 2 is 1.79 bits per heavy atom. The number of amides is 1. The average molecular weight is 448 g/mol. The molecular weight excluding hydrogens is 434 g/mol. The van der Waals surface area contributed by atoms with E-state index in [2.05, 4.69) is 0 Å². The van der Waals surface area contributed by atoms with Crippen LogP contribution >= 0.6 is 0 Å². The number of fused-ring (bicyclic) bond motifs is 1. The fraction of sp³-hybridized carbons (Fsp3) is 0.235. The minimum absolute atomic E-state index is 0.0596. The number of hydrogen-bond donors (Lipinski definition) is 1. The Labute approximate surface area is 147 Å². The molecule has 0 aromatic heterocycles. The van der Waals surface area contributed by atoms with Gasteiger partial charge >= 0.3 is 147 Å². The molecule has 0 fully saturated rings. The van der Waals surface area contributed by atoms with E-state index in [1.165, 1.54) is 12.1 Å². The van der Waals surface area contributed by atoms with Crippen LogP contribution < -0.4 is 21.2 Å². The fourth-order valence-corrected chi connectivity index (χ4v) is 4.81. The normalized spacial score (nSPS) is 15.5. The molecular formula is C17H14F3INO2-. The van der Waals surface area contributed by atoms with Crippen LogP contribution in [0, 0.1) is 0 Å². The van der Waals surface area contributed by atoms with Crippen molar-refractivity contribution in [1.82, 2.24) is 4.90 Å². The second-order valence-electron chi connectivity index (χ2n) is 5.52. The Balaban J connectivity index is 1.79. The van der Waals surface area contributed by atoms with Crippen molar-refractivity contribution in [2.45, 2.75) is 23.7 Å². The van der Waals surface area contributed by atoms with E-state index in [9.17, 15) is 23.1 Å². The SMILES string of the molecule is O=C1[I-]Cc2ccc(O)cc2CN1Cc1ccc(C(F)(F)F)cc1. The van der Waals surface area contributed by atoms with Crippen LogP contribution in [-0.2, 0) is 23.7 Å². The van der Waals surface area contributed by atoms with Crippen molar-refractivity contribution in [3.05, 3.63) is 64.7 Å². The van der Waals surface area contributed by atoms with Crippen LogP contribution in [0.3, 0.4) is 0 Å². The summed E-state index contributed by atoms with van der Waals surface area (Å²) in [4.78, 5) is 14.0. The Morgan fingerprint density at radius 1 is 1.08 bits per heavy atom. The van der Waals surface area contributed by atoms with E-state index in [-0.39, 0.29) is 16.2 Å². The molecule has 2 aromatic rings. The Hall–Kier alpha value is -1.77. The molecule has 1 amide bonds. The monoisotopic (exact) mass is 448 g/mol. The third-order valence-corrected chi connectivity index (χ3v) is 6.32. The summed E-state index contributed by atoms with van der Waals surface area (Å²) in [6.45, 7) is 0.634. The number of carbonyl (C=O) groups excluding carboxylic acids is 1. The zero-order chi connectivity index (χ0) is 17.3. The molecule has 24 heavy (non-hydrogen) atoms. The van der Waals surface area contributed by atoms with Gasteiger partial charge in [0.15, 0.2) is 0 Å². The number of nitrogens with zero attached hydrogens (tertiary/aromatic N) is 1. The molecule has 0 spiro atoms. The fourth-order valence-electron chi connectivity index (χ4n) is 2.51. The van der Waals surface area contributed by atoms with Gasteiger partial charge in [-0.05, 0) is 0 Å². The molecule has 128 valence electrons. The molecule has 3 nitrogen and oxygen atoms in total. The van der Waals surface area contributed by atoms with Crippen molar-refractivity contribution in [1.29, 1.82) is 0 Å². The first-order valence-corrected chi connectivity index (χ1v) is 9.78. The van der Waals surface area contributed by atoms with Crippen LogP contribution in [0.2, 0.25) is 0 Å². The average Bonchev–Trinajstić information content (AvgIpc) is 2.66. The van der Waals surface area contributed by atoms with Crippen LogP contribution in [0.15, 0.2) is 42.5 Å². The van der Waals surface area contributed by atoms with Crippen molar-refractivity contribution in [2.24, 2.45) is 0 Å². The molecule has 0 bridgehead atoms. The molecule has 3 rings (SSSR count). The number of hydrogen-bond acceptors (Lipinski definition) is 2. The van der Waals surface area contributed by atoms with Crippen LogP contribution in [0.4, 0.5) is 18.0 Å². The first kappa shape index (κ1) is 17.1. The van der Waals surface area contributed by atoms with Crippen molar-refractivity contribution in [3.8, 4) is 5.75 Å². The topological polar surface area (TPSA) is 40.5 Å². The van der Waals surface area contributed by atoms with Gasteiger partial charge in [-0.15, -0.1) is 0 Å². The summed E-state index contributed by atoms with van der Waals surface area (Å²) in [5.74, 6) is 0.149. The van der Waals surface area contributed by atoms with Crippen molar-refractivity contribution >= 4 is 3.91 Å². The number of alkyl halides is 4. The summed E-state index contributed by atoms with van der Waals surface area (Å²) < 4.78 is 38.6. The van der Waals surface area contributed by atoms with Crippen molar-refractivity contribution in [2.75, 3.05) is 0 Å². The van der Waals surface area contributed by atoms with Crippen LogP contribution in [-0.4, -0.2) is 13.9 Å². The second-order valence-corrected chi connectivity index (χ2v) is 7.97. The van der Waals surface area contributed by atoms with Gasteiger partial charge in [0.05, 0.1) is 0 Å². The Morgan fingerprint density at radius 3 is 2.46 bits per heavy atom. The van der Waals surface area contributed by atoms with E-state index in [1.807, 2.05) is 6.07 Å². The number of benzene rings is 2. The molecule has 1 N–H and O–H groups in total. The van der Waals surface area contributed by atoms with Gasteiger partial charge in [-0.2, -0.15) is 0 Å². The van der Waals surface area contributed by atoms with Crippen LogP contribution in [0.25, 0.3) is 0 Å². The second kappa shape index (κ2) is 6.62. The standard InChI is InChI=1S/C17H14F3INO2/c18-17(19,20)14-4-1-11(2-5-14)9-22-10-13-7-15(23)6-3-12(13)8-21-16(22)24/h1-7,23H,8-10H2/q-1. The van der Waals surface area contributed by atoms with Gasteiger partial charge < -0.3 is 0 Å². The van der Waals surface area contributed by atoms with Crippen LogP contribution in [0.1, 0.15) is 22.3 Å². The molecule has 0 unspecified atom stereocenters. The zero-order valence-electron chi connectivity index (χ0n) is 12.5. The summed E-state index contributed by atoms with van der Waals surface area (Å²) in [5, 5.41) is 9.63. The van der Waals surface area contributed by atoms with Gasteiger partial charge in [-0.1, -0.05) is 0 Å². The first-order valence-electron chi connectivity index (χ1n) is 7.18. The molecule has 1 heterocycles. The van der Waals surface area contributed by atoms with Gasteiger partial charge in [0.1, 0.15) is 0 Å². The van der Waals surface area contributed by atoms with Crippen molar-refractivity contribution < 1.29 is 44.3 Å². The summed E-state index contributed by atoms with van der Waals surface area (Å²) in [6.07, 6.45) is -4.36. The number of carbonyl (C=O) groups is 1. The maximum atomic E-state index is 12.6. The molecule has 0 saturated heterocycles. The number of aromatic hydroxyl groups is 1. The first-order chi connectivity index (χ1) is 11.3. The van der Waals surface area contributed by atoms with E-state index in [0.29, 0.717) is 16.5 Å². The molecule has 1 aliphatic heterocycles. The van der Waals surface area contributed by atoms with E-state index < -0.39 is 32.9 Å². The molecule has 7 heteroatoms. The molecule has 1 aliphatic rings. The molecule has 0 saturated carbocycles. The number of phenolic OH excluding ortho intramolecular Hbond substituents is 1. The Kier molecular flexibility index (Phi) is 4.71. The summed E-state index contributed by atoms with van der Waals surface area (Å²) >= 11 is -0.713. The van der Waals surface area contributed by atoms with E-state index in [0.717, 1.165) is 23.3 Å². The third-order valence-electron chi connectivity index (χ3n) is 3.78. The summed E-state index contributed by atoms with van der Waals surface area (Å²) in [7, 11) is 0. The minimum atomic E-state index is -4.36. The van der Waals surface area contributed by atoms with Gasteiger partial charge in [0.2, 0.25) is 0 Å².